The van der Waals surface area contributed by atoms with Crippen LogP contribution in [-0.4, -0.2) is 35.3 Å². The smallest absolute Gasteiger partial charge is 0.230 e. The molecule has 1 saturated heterocycles. The van der Waals surface area contributed by atoms with E-state index in [9.17, 15) is 9.59 Å². The van der Waals surface area contributed by atoms with Crippen LogP contribution in [0.15, 0.2) is 54.6 Å². The Kier molecular flexibility index (Phi) is 4.73. The van der Waals surface area contributed by atoms with Crippen LogP contribution in [0, 0.1) is 0 Å². The Morgan fingerprint density at radius 3 is 2.44 bits per heavy atom. The summed E-state index contributed by atoms with van der Waals surface area (Å²) in [5, 5.41) is 0. The monoisotopic (exact) mass is 363 g/mol. The van der Waals surface area contributed by atoms with E-state index in [-0.39, 0.29) is 17.6 Å². The molecule has 0 bridgehead atoms. The van der Waals surface area contributed by atoms with Gasteiger partial charge in [-0.25, -0.2) is 0 Å². The van der Waals surface area contributed by atoms with Gasteiger partial charge in [-0.05, 0) is 24.1 Å². The van der Waals surface area contributed by atoms with Crippen LogP contribution in [0.2, 0.25) is 0 Å². The minimum atomic E-state index is -0.462. The summed E-state index contributed by atoms with van der Waals surface area (Å²) in [5.41, 5.74) is 1.29. The summed E-state index contributed by atoms with van der Waals surface area (Å²) >= 11 is 0. The molecule has 27 heavy (non-hydrogen) atoms. The molecule has 4 rings (SSSR count). The molecular formula is C23H25NO3. The van der Waals surface area contributed by atoms with Gasteiger partial charge in [-0.15, -0.1) is 0 Å². The van der Waals surface area contributed by atoms with Gasteiger partial charge in [0, 0.05) is 25.9 Å². The van der Waals surface area contributed by atoms with E-state index in [1.54, 1.807) is 0 Å². The van der Waals surface area contributed by atoms with Gasteiger partial charge < -0.3 is 9.64 Å². The van der Waals surface area contributed by atoms with Gasteiger partial charge in [0.05, 0.1) is 17.9 Å². The van der Waals surface area contributed by atoms with Crippen molar-refractivity contribution in [3.63, 3.8) is 0 Å². The zero-order valence-electron chi connectivity index (χ0n) is 15.7. The quantitative estimate of drug-likeness (QED) is 0.821. The van der Waals surface area contributed by atoms with Gasteiger partial charge in [-0.3, -0.25) is 9.59 Å². The number of para-hydroxylation sites is 1. The number of hydrogen-bond donors (Lipinski definition) is 0. The number of carbonyl (C=O) groups is 2. The number of amides is 1. The van der Waals surface area contributed by atoms with Gasteiger partial charge in [0.15, 0.2) is 5.78 Å². The molecule has 2 aromatic carbocycles. The van der Waals surface area contributed by atoms with Crippen LogP contribution in [0.25, 0.3) is 0 Å². The minimum Gasteiger partial charge on any atom is -0.486 e. The van der Waals surface area contributed by atoms with E-state index >= 15 is 0 Å². The van der Waals surface area contributed by atoms with Gasteiger partial charge in [-0.1, -0.05) is 49.4 Å². The first kappa shape index (κ1) is 17.8. The van der Waals surface area contributed by atoms with E-state index in [2.05, 4.69) is 6.92 Å². The second kappa shape index (κ2) is 7.18. The van der Waals surface area contributed by atoms with E-state index in [1.165, 1.54) is 0 Å². The summed E-state index contributed by atoms with van der Waals surface area (Å²) in [6.07, 6.45) is 2.59. The predicted molar refractivity (Wildman–Crippen MR) is 104 cm³/mol. The molecule has 0 saturated carbocycles. The fraction of sp³-hybridized carbons (Fsp3) is 0.391. The van der Waals surface area contributed by atoms with E-state index < -0.39 is 5.60 Å². The first-order valence-electron chi connectivity index (χ1n) is 9.77. The largest absolute Gasteiger partial charge is 0.486 e. The molecule has 0 unspecified atom stereocenters. The highest BCUT2D eigenvalue weighted by Gasteiger charge is 2.44. The molecule has 2 aliphatic rings. The van der Waals surface area contributed by atoms with Gasteiger partial charge in [0.25, 0.3) is 0 Å². The normalized spacial score (nSPS) is 19.3. The molecule has 1 fully saturated rings. The Morgan fingerprint density at radius 1 is 1.07 bits per heavy atom. The van der Waals surface area contributed by atoms with Gasteiger partial charge in [0.1, 0.15) is 11.4 Å². The molecule has 0 radical (unpaired) electrons. The van der Waals surface area contributed by atoms with Crippen LogP contribution in [-0.2, 0) is 4.79 Å². The lowest BCUT2D eigenvalue weighted by Crippen LogP contribution is -2.53. The molecule has 1 spiro atoms. The van der Waals surface area contributed by atoms with Crippen LogP contribution >= 0.6 is 0 Å². The molecule has 2 heterocycles. The average Bonchev–Trinajstić information content (AvgIpc) is 2.70. The maximum atomic E-state index is 13.1. The maximum absolute atomic E-state index is 13.1. The third kappa shape index (κ3) is 3.36. The lowest BCUT2D eigenvalue weighted by molar-refractivity contribution is -0.136. The Bertz CT molecular complexity index is 838. The second-order valence-electron chi connectivity index (χ2n) is 7.58. The molecule has 2 aromatic rings. The first-order valence-corrected chi connectivity index (χ1v) is 9.77. The van der Waals surface area contributed by atoms with Crippen molar-refractivity contribution in [3.8, 4) is 5.75 Å². The number of Topliss-reactive ketones (excluding diaryl/α,β-unsaturated/α-hetero) is 1. The fourth-order valence-electron chi connectivity index (χ4n) is 4.32. The number of benzene rings is 2. The van der Waals surface area contributed by atoms with Crippen molar-refractivity contribution in [3.05, 3.63) is 65.7 Å². The van der Waals surface area contributed by atoms with E-state index in [0.717, 1.165) is 12.0 Å². The fourth-order valence-corrected chi connectivity index (χ4v) is 4.32. The standard InChI is InChI=1S/C23H25NO3/c1-2-18(17-8-4-3-5-9-17)22(26)24-14-12-23(13-15-24)16-20(25)19-10-6-7-11-21(19)27-23/h3-11,18H,2,12-16H2,1H3/t18-/m0/s1. The summed E-state index contributed by atoms with van der Waals surface area (Å²) in [5.74, 6) is 0.910. The van der Waals surface area contributed by atoms with Crippen molar-refractivity contribution in [2.75, 3.05) is 13.1 Å². The molecule has 1 atom stereocenters. The molecule has 2 aliphatic heterocycles. The van der Waals surface area contributed by atoms with Crippen molar-refractivity contribution in [1.82, 2.24) is 4.90 Å². The third-order valence-corrected chi connectivity index (χ3v) is 5.89. The van der Waals surface area contributed by atoms with Crippen molar-refractivity contribution >= 4 is 11.7 Å². The van der Waals surface area contributed by atoms with Crippen molar-refractivity contribution in [2.24, 2.45) is 0 Å². The van der Waals surface area contributed by atoms with Gasteiger partial charge in [0.2, 0.25) is 5.91 Å². The summed E-state index contributed by atoms with van der Waals surface area (Å²) in [4.78, 5) is 27.6. The van der Waals surface area contributed by atoms with Crippen LogP contribution in [0.1, 0.15) is 54.4 Å². The number of likely N-dealkylation sites (tertiary alicyclic amines) is 1. The Morgan fingerprint density at radius 2 is 1.74 bits per heavy atom. The van der Waals surface area contributed by atoms with Crippen molar-refractivity contribution in [1.29, 1.82) is 0 Å². The second-order valence-corrected chi connectivity index (χ2v) is 7.58. The summed E-state index contributed by atoms with van der Waals surface area (Å²) in [6.45, 7) is 3.33. The number of hydrogen-bond acceptors (Lipinski definition) is 3. The number of carbonyl (C=O) groups excluding carboxylic acids is 2. The van der Waals surface area contributed by atoms with Crippen LogP contribution in [0.4, 0.5) is 0 Å². The number of ketones is 1. The number of ether oxygens (including phenoxy) is 1. The Balaban J connectivity index is 1.46. The number of nitrogens with zero attached hydrogens (tertiary/aromatic N) is 1. The minimum absolute atomic E-state index is 0.102. The molecule has 0 aromatic heterocycles. The molecule has 4 nitrogen and oxygen atoms in total. The Hall–Kier alpha value is -2.62. The summed E-state index contributed by atoms with van der Waals surface area (Å²) < 4.78 is 6.27. The molecule has 1 amide bonds. The number of fused-ring (bicyclic) bond motifs is 1. The highest BCUT2D eigenvalue weighted by molar-refractivity contribution is 6.00. The highest BCUT2D eigenvalue weighted by Crippen LogP contribution is 2.39. The lowest BCUT2D eigenvalue weighted by atomic mass is 9.82. The van der Waals surface area contributed by atoms with E-state index in [1.807, 2.05) is 59.5 Å². The highest BCUT2D eigenvalue weighted by atomic mass is 16.5. The van der Waals surface area contributed by atoms with E-state index in [0.29, 0.717) is 43.7 Å². The first-order chi connectivity index (χ1) is 13.1. The maximum Gasteiger partial charge on any atom is 0.230 e. The SMILES string of the molecule is CC[C@H](C(=O)N1CCC2(CC1)CC(=O)c1ccccc1O2)c1ccccc1. The van der Waals surface area contributed by atoms with Crippen molar-refractivity contribution in [2.45, 2.75) is 44.1 Å². The van der Waals surface area contributed by atoms with Gasteiger partial charge >= 0.3 is 0 Å². The Labute approximate surface area is 160 Å². The molecular weight excluding hydrogens is 338 g/mol. The van der Waals surface area contributed by atoms with E-state index in [4.69, 9.17) is 4.74 Å². The summed E-state index contributed by atoms with van der Waals surface area (Å²) in [7, 11) is 0. The summed E-state index contributed by atoms with van der Waals surface area (Å²) in [6, 6.07) is 17.5. The third-order valence-electron chi connectivity index (χ3n) is 5.89. The topological polar surface area (TPSA) is 46.6 Å². The van der Waals surface area contributed by atoms with Crippen LogP contribution in [0.3, 0.4) is 0 Å². The van der Waals surface area contributed by atoms with Crippen LogP contribution in [0.5, 0.6) is 5.75 Å². The zero-order valence-corrected chi connectivity index (χ0v) is 15.7. The molecule has 140 valence electrons. The zero-order chi connectivity index (χ0) is 18.9. The number of rotatable bonds is 3. The molecule has 0 N–H and O–H groups in total. The molecule has 0 aliphatic carbocycles. The van der Waals surface area contributed by atoms with Gasteiger partial charge in [-0.2, -0.15) is 0 Å². The van der Waals surface area contributed by atoms with Crippen LogP contribution < -0.4 is 4.74 Å². The van der Waals surface area contributed by atoms with Crippen molar-refractivity contribution < 1.29 is 14.3 Å². The average molecular weight is 363 g/mol. The number of piperidine rings is 1. The molecule has 4 heteroatoms. The predicted octanol–water partition coefficient (Wildman–Crippen LogP) is 4.21. The lowest BCUT2D eigenvalue weighted by Gasteiger charge is -2.44.